The first-order valence-electron chi connectivity index (χ1n) is 8.93. The van der Waals surface area contributed by atoms with E-state index in [0.717, 1.165) is 29.1 Å². The molecule has 3 unspecified atom stereocenters. The Hall–Kier alpha value is -2.59. The predicted molar refractivity (Wildman–Crippen MR) is 105 cm³/mol. The van der Waals surface area contributed by atoms with Crippen LogP contribution in [0.1, 0.15) is 18.4 Å². The van der Waals surface area contributed by atoms with Crippen molar-refractivity contribution in [2.24, 2.45) is 17.3 Å². The van der Waals surface area contributed by atoms with Gasteiger partial charge in [0.15, 0.2) is 5.41 Å². The van der Waals surface area contributed by atoms with Gasteiger partial charge in [-0.2, -0.15) is 15.8 Å². The molecule has 1 saturated carbocycles. The topological polar surface area (TPSA) is 98.5 Å². The zero-order chi connectivity index (χ0) is 19.6. The molecule has 0 radical (unpaired) electrons. The minimum Gasteiger partial charge on any atom is -0.305 e. The average molecular weight is 376 g/mol. The van der Waals surface area contributed by atoms with Crippen molar-refractivity contribution in [1.29, 1.82) is 21.2 Å². The predicted octanol–water partition coefficient (Wildman–Crippen LogP) is 3.58. The normalized spacial score (nSPS) is 26.9. The highest BCUT2D eigenvalue weighted by Crippen LogP contribution is 2.53. The zero-order valence-corrected chi connectivity index (χ0v) is 16.3. The molecule has 1 aliphatic heterocycles. The Morgan fingerprint density at radius 3 is 2.41 bits per heavy atom. The van der Waals surface area contributed by atoms with E-state index in [2.05, 4.69) is 30.0 Å². The number of thioether (sulfide) groups is 1. The molecule has 0 saturated heterocycles. The van der Waals surface area contributed by atoms with Gasteiger partial charge in [0.05, 0.1) is 23.9 Å². The molecule has 1 fully saturated rings. The van der Waals surface area contributed by atoms with Crippen molar-refractivity contribution in [1.82, 2.24) is 4.90 Å². The molecule has 1 N–H and O–H groups in total. The van der Waals surface area contributed by atoms with Crippen LogP contribution >= 0.6 is 11.8 Å². The number of benzene rings is 1. The Kier molecular flexibility index (Phi) is 5.38. The van der Waals surface area contributed by atoms with Crippen molar-refractivity contribution in [3.63, 3.8) is 0 Å². The number of nitrogens with zero attached hydrogens (tertiary/aromatic N) is 4. The molecule has 1 aromatic rings. The van der Waals surface area contributed by atoms with E-state index in [1.807, 2.05) is 36.6 Å². The van der Waals surface area contributed by atoms with Gasteiger partial charge in [0.1, 0.15) is 5.92 Å². The lowest BCUT2D eigenvalue weighted by Crippen LogP contribution is -2.52. The minimum absolute atomic E-state index is 0.0820. The van der Waals surface area contributed by atoms with Crippen LogP contribution in [-0.2, 0) is 0 Å². The quantitative estimate of drug-likeness (QED) is 0.643. The third-order valence-electron chi connectivity index (χ3n) is 5.79. The van der Waals surface area contributed by atoms with Crippen LogP contribution in [0.5, 0.6) is 0 Å². The largest absolute Gasteiger partial charge is 0.305 e. The lowest BCUT2D eigenvalue weighted by molar-refractivity contribution is 0.212. The third kappa shape index (κ3) is 2.94. The summed E-state index contributed by atoms with van der Waals surface area (Å²) in [6.45, 7) is 4.36. The van der Waals surface area contributed by atoms with Crippen molar-refractivity contribution in [3.8, 4) is 18.2 Å². The maximum atomic E-state index is 10.0. The third-order valence-corrected chi connectivity index (χ3v) is 6.53. The molecule has 5 nitrogen and oxygen atoms in total. The molecule has 6 heteroatoms. The molecule has 0 spiro atoms. The molecule has 1 heterocycles. The minimum atomic E-state index is -1.62. The Balaban J connectivity index is 2.21. The van der Waals surface area contributed by atoms with Crippen LogP contribution < -0.4 is 0 Å². The van der Waals surface area contributed by atoms with Gasteiger partial charge in [-0.05, 0) is 36.1 Å². The standard InChI is InChI=1S/C21H21N5S/c1-3-26-9-8-16-17(10-22)20(25)21(12-23,13-24)19(18(16)11-26)14-4-6-15(27-2)7-5-14/h4-8,17-19,25H,3,9,11H2,1-2H3. The average Bonchev–Trinajstić information content (AvgIpc) is 2.73. The summed E-state index contributed by atoms with van der Waals surface area (Å²) in [7, 11) is 0. The van der Waals surface area contributed by atoms with Gasteiger partial charge in [-0.15, -0.1) is 11.8 Å². The number of nitriles is 3. The molecule has 1 aliphatic carbocycles. The molecular weight excluding hydrogens is 354 g/mol. The number of hydrogen-bond donors (Lipinski definition) is 1. The van der Waals surface area contributed by atoms with Gasteiger partial charge in [0.2, 0.25) is 0 Å². The molecule has 0 bridgehead atoms. The summed E-state index contributed by atoms with van der Waals surface area (Å²) in [5.74, 6) is -1.38. The molecule has 1 aromatic carbocycles. The van der Waals surface area contributed by atoms with E-state index in [9.17, 15) is 15.8 Å². The Morgan fingerprint density at radius 1 is 1.22 bits per heavy atom. The van der Waals surface area contributed by atoms with E-state index in [1.54, 1.807) is 11.8 Å². The van der Waals surface area contributed by atoms with E-state index in [4.69, 9.17) is 5.41 Å². The maximum Gasteiger partial charge on any atom is 0.189 e. The smallest absolute Gasteiger partial charge is 0.189 e. The second-order valence-electron chi connectivity index (χ2n) is 6.92. The fourth-order valence-electron chi connectivity index (χ4n) is 4.31. The Bertz CT molecular complexity index is 882. The number of rotatable bonds is 3. The van der Waals surface area contributed by atoms with Gasteiger partial charge in [-0.3, -0.25) is 4.90 Å². The van der Waals surface area contributed by atoms with Crippen LogP contribution in [0.15, 0.2) is 40.8 Å². The molecular formula is C21H21N5S. The molecule has 3 atom stereocenters. The molecule has 27 heavy (non-hydrogen) atoms. The van der Waals surface area contributed by atoms with Gasteiger partial charge in [0.25, 0.3) is 0 Å². The van der Waals surface area contributed by atoms with Crippen molar-refractivity contribution >= 4 is 17.5 Å². The van der Waals surface area contributed by atoms with Crippen LogP contribution in [0.3, 0.4) is 0 Å². The van der Waals surface area contributed by atoms with Gasteiger partial charge < -0.3 is 5.41 Å². The fourth-order valence-corrected chi connectivity index (χ4v) is 4.72. The zero-order valence-electron chi connectivity index (χ0n) is 15.4. The summed E-state index contributed by atoms with van der Waals surface area (Å²) in [6, 6.07) is 14.4. The first-order chi connectivity index (χ1) is 13.1. The molecule has 0 aromatic heterocycles. The summed E-state index contributed by atoms with van der Waals surface area (Å²) in [6.07, 6.45) is 4.03. The summed E-state index contributed by atoms with van der Waals surface area (Å²) < 4.78 is 0. The molecule has 0 amide bonds. The van der Waals surface area contributed by atoms with E-state index in [0.29, 0.717) is 6.54 Å². The molecule has 3 rings (SSSR count). The van der Waals surface area contributed by atoms with Crippen molar-refractivity contribution in [3.05, 3.63) is 41.5 Å². The highest BCUT2D eigenvalue weighted by atomic mass is 32.2. The van der Waals surface area contributed by atoms with Crippen LogP contribution in [0.2, 0.25) is 0 Å². The van der Waals surface area contributed by atoms with Gasteiger partial charge >= 0.3 is 0 Å². The van der Waals surface area contributed by atoms with Crippen LogP contribution in [-0.4, -0.2) is 36.5 Å². The lowest BCUT2D eigenvalue weighted by Gasteiger charge is -2.47. The molecule has 136 valence electrons. The Morgan fingerprint density at radius 2 is 1.89 bits per heavy atom. The van der Waals surface area contributed by atoms with E-state index < -0.39 is 17.3 Å². The number of fused-ring (bicyclic) bond motifs is 1. The van der Waals surface area contributed by atoms with Crippen molar-refractivity contribution in [2.45, 2.75) is 17.7 Å². The first-order valence-corrected chi connectivity index (χ1v) is 10.2. The first kappa shape index (κ1) is 19.2. The van der Waals surface area contributed by atoms with Gasteiger partial charge in [0, 0.05) is 29.8 Å². The van der Waals surface area contributed by atoms with Gasteiger partial charge in [-0.1, -0.05) is 25.1 Å². The fraction of sp³-hybridized carbons (Fsp3) is 0.429. The molecule has 2 aliphatic rings. The van der Waals surface area contributed by atoms with Crippen molar-refractivity contribution < 1.29 is 0 Å². The van der Waals surface area contributed by atoms with Crippen molar-refractivity contribution in [2.75, 3.05) is 25.9 Å². The van der Waals surface area contributed by atoms with E-state index in [-0.39, 0.29) is 11.6 Å². The summed E-state index contributed by atoms with van der Waals surface area (Å²) in [5.41, 5.74) is 0.0691. The van der Waals surface area contributed by atoms with Crippen LogP contribution in [0, 0.1) is 56.7 Å². The van der Waals surface area contributed by atoms with E-state index in [1.165, 1.54) is 0 Å². The second kappa shape index (κ2) is 7.57. The number of nitrogens with one attached hydrogen (secondary N) is 1. The highest BCUT2D eigenvalue weighted by molar-refractivity contribution is 7.98. The summed E-state index contributed by atoms with van der Waals surface area (Å²) in [5, 5.41) is 38.3. The summed E-state index contributed by atoms with van der Waals surface area (Å²) in [4.78, 5) is 3.36. The summed E-state index contributed by atoms with van der Waals surface area (Å²) >= 11 is 1.63. The Labute approximate surface area is 164 Å². The van der Waals surface area contributed by atoms with Crippen LogP contribution in [0.25, 0.3) is 0 Å². The van der Waals surface area contributed by atoms with Crippen LogP contribution in [0.4, 0.5) is 0 Å². The second-order valence-corrected chi connectivity index (χ2v) is 7.80. The maximum absolute atomic E-state index is 10.0. The number of hydrogen-bond acceptors (Lipinski definition) is 6. The number of likely N-dealkylation sites (N-methyl/N-ethyl adjacent to an activating group) is 1. The highest BCUT2D eigenvalue weighted by Gasteiger charge is 2.57. The lowest BCUT2D eigenvalue weighted by atomic mass is 9.54. The van der Waals surface area contributed by atoms with Gasteiger partial charge in [-0.25, -0.2) is 0 Å². The van der Waals surface area contributed by atoms with E-state index >= 15 is 0 Å². The SMILES string of the molecule is CCN1CC=C2C(C#N)C(=N)C(C#N)(C#N)C(c3ccc(SC)cc3)C2C1. The monoisotopic (exact) mass is 375 g/mol.